The molecular weight excluding hydrogens is 348 g/mol. The molecule has 138 valence electrons. The summed E-state index contributed by atoms with van der Waals surface area (Å²) in [6, 6.07) is 22.0. The van der Waals surface area contributed by atoms with Crippen LogP contribution in [0, 0.1) is 0 Å². The molecule has 1 N–H and O–H groups in total. The maximum atomic E-state index is 11.3. The zero-order chi connectivity index (χ0) is 19.3. The van der Waals surface area contributed by atoms with Gasteiger partial charge < -0.3 is 9.88 Å². The van der Waals surface area contributed by atoms with Crippen molar-refractivity contribution in [2.24, 2.45) is 0 Å². The average molecular weight is 368 g/mol. The van der Waals surface area contributed by atoms with E-state index in [4.69, 9.17) is 4.98 Å². The van der Waals surface area contributed by atoms with Crippen molar-refractivity contribution in [3.8, 4) is 22.5 Å². The van der Waals surface area contributed by atoms with E-state index in [0.29, 0.717) is 6.54 Å². The van der Waals surface area contributed by atoms with Crippen molar-refractivity contribution >= 4 is 11.6 Å². The van der Waals surface area contributed by atoms with Crippen molar-refractivity contribution in [3.63, 3.8) is 0 Å². The molecule has 0 saturated carbocycles. The molecule has 2 heterocycles. The summed E-state index contributed by atoms with van der Waals surface area (Å²) in [5.74, 6) is -0.0839. The first-order valence-electron chi connectivity index (χ1n) is 9.08. The number of pyridine rings is 1. The fraction of sp³-hybridized carbons (Fsp3) is 0.0870. The van der Waals surface area contributed by atoms with Gasteiger partial charge in [0.2, 0.25) is 5.91 Å². The molecule has 0 aliphatic carbocycles. The van der Waals surface area contributed by atoms with Crippen molar-refractivity contribution in [3.05, 3.63) is 91.0 Å². The smallest absolute Gasteiger partial charge is 0.221 e. The number of anilines is 1. The van der Waals surface area contributed by atoms with Crippen LogP contribution in [0.1, 0.15) is 12.5 Å². The summed E-state index contributed by atoms with van der Waals surface area (Å²) in [7, 11) is 0. The third kappa shape index (κ3) is 3.83. The number of rotatable bonds is 5. The van der Waals surface area contributed by atoms with E-state index in [9.17, 15) is 4.79 Å². The maximum Gasteiger partial charge on any atom is 0.221 e. The molecular formula is C23H20N4O. The van der Waals surface area contributed by atoms with Gasteiger partial charge in [0.05, 0.1) is 24.3 Å². The second kappa shape index (κ2) is 7.88. The molecule has 1 amide bonds. The molecule has 4 rings (SSSR count). The summed E-state index contributed by atoms with van der Waals surface area (Å²) in [6.07, 6.45) is 5.51. The molecule has 0 saturated heterocycles. The second-order valence-corrected chi connectivity index (χ2v) is 6.56. The van der Waals surface area contributed by atoms with Crippen molar-refractivity contribution in [1.82, 2.24) is 14.5 Å². The first kappa shape index (κ1) is 17.7. The number of carbonyl (C=O) groups is 1. The molecule has 0 radical (unpaired) electrons. The van der Waals surface area contributed by atoms with Crippen LogP contribution in [0.4, 0.5) is 5.69 Å². The van der Waals surface area contributed by atoms with E-state index >= 15 is 0 Å². The molecule has 5 nitrogen and oxygen atoms in total. The van der Waals surface area contributed by atoms with Crippen LogP contribution in [0.5, 0.6) is 0 Å². The molecule has 0 aliphatic heterocycles. The van der Waals surface area contributed by atoms with Crippen LogP contribution in [0.2, 0.25) is 0 Å². The summed E-state index contributed by atoms with van der Waals surface area (Å²) < 4.78 is 2.13. The minimum absolute atomic E-state index is 0.0839. The Bertz CT molecular complexity index is 1070. The number of nitrogens with one attached hydrogen (secondary N) is 1. The Morgan fingerprint density at radius 1 is 0.964 bits per heavy atom. The Hall–Kier alpha value is -3.73. The van der Waals surface area contributed by atoms with Gasteiger partial charge in [-0.05, 0) is 23.8 Å². The quantitative estimate of drug-likeness (QED) is 0.559. The molecule has 28 heavy (non-hydrogen) atoms. The minimum atomic E-state index is -0.0839. The zero-order valence-electron chi connectivity index (χ0n) is 15.5. The van der Waals surface area contributed by atoms with Crippen molar-refractivity contribution < 1.29 is 4.79 Å². The first-order valence-corrected chi connectivity index (χ1v) is 9.08. The van der Waals surface area contributed by atoms with Gasteiger partial charge in [-0.2, -0.15) is 0 Å². The predicted molar refractivity (Wildman–Crippen MR) is 111 cm³/mol. The minimum Gasteiger partial charge on any atom is -0.326 e. The van der Waals surface area contributed by atoms with Crippen LogP contribution in [0.15, 0.2) is 85.5 Å². The molecule has 2 aromatic heterocycles. The molecule has 2 aromatic carbocycles. The lowest BCUT2D eigenvalue weighted by molar-refractivity contribution is -0.114. The number of hydrogen-bond donors (Lipinski definition) is 1. The van der Waals surface area contributed by atoms with Gasteiger partial charge in [-0.3, -0.25) is 9.78 Å². The van der Waals surface area contributed by atoms with E-state index in [2.05, 4.69) is 33.1 Å². The van der Waals surface area contributed by atoms with Gasteiger partial charge in [0.1, 0.15) is 0 Å². The number of benzene rings is 2. The van der Waals surface area contributed by atoms with Gasteiger partial charge in [-0.1, -0.05) is 48.5 Å². The van der Waals surface area contributed by atoms with Crippen LogP contribution in [0.3, 0.4) is 0 Å². The van der Waals surface area contributed by atoms with E-state index in [0.717, 1.165) is 33.8 Å². The van der Waals surface area contributed by atoms with Crippen molar-refractivity contribution in [2.45, 2.75) is 13.5 Å². The molecule has 0 atom stereocenters. The largest absolute Gasteiger partial charge is 0.326 e. The van der Waals surface area contributed by atoms with E-state index in [1.165, 1.54) is 6.92 Å². The third-order valence-electron chi connectivity index (χ3n) is 4.44. The van der Waals surface area contributed by atoms with E-state index in [-0.39, 0.29) is 5.91 Å². The molecule has 0 fully saturated rings. The maximum absolute atomic E-state index is 11.3. The fourth-order valence-corrected chi connectivity index (χ4v) is 3.22. The highest BCUT2D eigenvalue weighted by molar-refractivity contribution is 5.89. The van der Waals surface area contributed by atoms with Crippen LogP contribution < -0.4 is 5.32 Å². The van der Waals surface area contributed by atoms with Gasteiger partial charge in [-0.15, -0.1) is 0 Å². The summed E-state index contributed by atoms with van der Waals surface area (Å²) in [6.45, 7) is 2.18. The first-order chi connectivity index (χ1) is 13.7. The summed E-state index contributed by atoms with van der Waals surface area (Å²) in [4.78, 5) is 20.2. The van der Waals surface area contributed by atoms with Gasteiger partial charge in [0.25, 0.3) is 0 Å². The number of nitrogens with zero attached hydrogens (tertiary/aromatic N) is 3. The molecule has 0 unspecified atom stereocenters. The van der Waals surface area contributed by atoms with Crippen molar-refractivity contribution in [2.75, 3.05) is 5.32 Å². The fourth-order valence-electron chi connectivity index (χ4n) is 3.22. The van der Waals surface area contributed by atoms with Gasteiger partial charge in [-0.25, -0.2) is 4.98 Å². The lowest BCUT2D eigenvalue weighted by Gasteiger charge is -2.12. The summed E-state index contributed by atoms with van der Waals surface area (Å²) in [5, 5.41) is 2.81. The number of amides is 1. The van der Waals surface area contributed by atoms with Crippen LogP contribution >= 0.6 is 0 Å². The van der Waals surface area contributed by atoms with Gasteiger partial charge in [0.15, 0.2) is 0 Å². The summed E-state index contributed by atoms with van der Waals surface area (Å²) >= 11 is 0. The zero-order valence-corrected chi connectivity index (χ0v) is 15.5. The SMILES string of the molecule is CC(=O)Nc1ccc(-c2c(-c3ccccc3)ncn2Cc2cccnc2)cc1. The van der Waals surface area contributed by atoms with E-state index in [1.807, 2.05) is 61.1 Å². The Morgan fingerprint density at radius 3 is 2.43 bits per heavy atom. The van der Waals surface area contributed by atoms with Crippen LogP contribution in [0.25, 0.3) is 22.5 Å². The third-order valence-corrected chi connectivity index (χ3v) is 4.44. The van der Waals surface area contributed by atoms with Crippen LogP contribution in [-0.2, 0) is 11.3 Å². The number of carbonyl (C=O) groups excluding carboxylic acids is 1. The van der Waals surface area contributed by atoms with Crippen molar-refractivity contribution in [1.29, 1.82) is 0 Å². The van der Waals surface area contributed by atoms with E-state index < -0.39 is 0 Å². The molecule has 0 aliphatic rings. The molecule has 5 heteroatoms. The highest BCUT2D eigenvalue weighted by atomic mass is 16.1. The normalized spacial score (nSPS) is 10.6. The topological polar surface area (TPSA) is 59.8 Å². The van der Waals surface area contributed by atoms with E-state index in [1.54, 1.807) is 6.20 Å². The van der Waals surface area contributed by atoms with Gasteiger partial charge >= 0.3 is 0 Å². The summed E-state index contributed by atoms with van der Waals surface area (Å²) in [5.41, 5.74) is 5.94. The number of imidazole rings is 1. The average Bonchev–Trinajstić information content (AvgIpc) is 3.13. The highest BCUT2D eigenvalue weighted by Gasteiger charge is 2.15. The lowest BCUT2D eigenvalue weighted by Crippen LogP contribution is -2.05. The predicted octanol–water partition coefficient (Wildman–Crippen LogP) is 4.62. The standard InChI is InChI=1S/C23H20N4O/c1-17(28)26-21-11-9-20(10-12-21)23-22(19-7-3-2-4-8-19)25-16-27(23)15-18-6-5-13-24-14-18/h2-14,16H,15H2,1H3,(H,26,28). The Kier molecular flexibility index (Phi) is 4.97. The number of aromatic nitrogens is 3. The van der Waals surface area contributed by atoms with Gasteiger partial charge in [0, 0.05) is 36.1 Å². The monoisotopic (exact) mass is 368 g/mol. The highest BCUT2D eigenvalue weighted by Crippen LogP contribution is 2.32. The number of hydrogen-bond acceptors (Lipinski definition) is 3. The molecule has 0 spiro atoms. The molecule has 0 bridgehead atoms. The lowest BCUT2D eigenvalue weighted by atomic mass is 10.0. The Balaban J connectivity index is 1.78. The second-order valence-electron chi connectivity index (χ2n) is 6.56. The van der Waals surface area contributed by atoms with Crippen LogP contribution in [-0.4, -0.2) is 20.4 Å². The Morgan fingerprint density at radius 2 is 1.75 bits per heavy atom. The molecule has 4 aromatic rings. The Labute approximate surface area is 163 Å².